The Morgan fingerprint density at radius 2 is 2.05 bits per heavy atom. The number of rotatable bonds is 4. The Balaban J connectivity index is 2.26. The Hall–Kier alpha value is -2.01. The summed E-state index contributed by atoms with van der Waals surface area (Å²) in [6.07, 6.45) is 0. The lowest BCUT2D eigenvalue weighted by molar-refractivity contribution is 0.410. The number of nitrogens with one attached hydrogen (secondary N) is 1. The number of nitrogen functional groups attached to an aromatic ring is 1. The zero-order valence-electron chi connectivity index (χ0n) is 11.7. The third kappa shape index (κ3) is 2.93. The van der Waals surface area contributed by atoms with Crippen LogP contribution in [0.1, 0.15) is 17.0 Å². The molecular formula is C14H17ClN4O. The summed E-state index contributed by atoms with van der Waals surface area (Å²) in [5.41, 5.74) is 7.54. The summed E-state index contributed by atoms with van der Waals surface area (Å²) in [6.45, 7) is 4.18. The minimum absolute atomic E-state index is 0.478. The zero-order valence-corrected chi connectivity index (χ0v) is 12.5. The number of anilines is 2. The van der Waals surface area contributed by atoms with Gasteiger partial charge in [0.15, 0.2) is 0 Å². The van der Waals surface area contributed by atoms with Crippen LogP contribution in [0.2, 0.25) is 5.02 Å². The molecule has 0 unspecified atom stereocenters. The van der Waals surface area contributed by atoms with Gasteiger partial charge in [-0.25, -0.2) is 9.97 Å². The van der Waals surface area contributed by atoms with E-state index in [2.05, 4.69) is 15.3 Å². The maximum Gasteiger partial charge on any atom is 0.135 e. The van der Waals surface area contributed by atoms with Gasteiger partial charge in [0.1, 0.15) is 23.2 Å². The van der Waals surface area contributed by atoms with E-state index >= 15 is 0 Å². The summed E-state index contributed by atoms with van der Waals surface area (Å²) in [4.78, 5) is 8.46. The van der Waals surface area contributed by atoms with Gasteiger partial charge in [-0.3, -0.25) is 0 Å². The highest BCUT2D eigenvalue weighted by Crippen LogP contribution is 2.27. The molecule has 1 aromatic carbocycles. The third-order valence-electron chi connectivity index (χ3n) is 3.02. The molecule has 1 aromatic heterocycles. The van der Waals surface area contributed by atoms with E-state index in [0.717, 1.165) is 16.9 Å². The summed E-state index contributed by atoms with van der Waals surface area (Å²) < 4.78 is 5.31. The molecule has 6 heteroatoms. The van der Waals surface area contributed by atoms with Crippen molar-refractivity contribution < 1.29 is 4.74 Å². The maximum atomic E-state index is 6.20. The van der Waals surface area contributed by atoms with Crippen molar-refractivity contribution in [3.05, 3.63) is 40.2 Å². The third-order valence-corrected chi connectivity index (χ3v) is 3.38. The van der Waals surface area contributed by atoms with Gasteiger partial charge in [-0.05, 0) is 26.0 Å². The lowest BCUT2D eigenvalue weighted by Gasteiger charge is -2.14. The number of hydrogen-bond donors (Lipinski definition) is 2. The topological polar surface area (TPSA) is 73.1 Å². The highest BCUT2D eigenvalue weighted by Gasteiger charge is 2.10. The van der Waals surface area contributed by atoms with Gasteiger partial charge in [0.05, 0.1) is 7.11 Å². The van der Waals surface area contributed by atoms with E-state index in [-0.39, 0.29) is 0 Å². The fourth-order valence-electron chi connectivity index (χ4n) is 1.90. The normalized spacial score (nSPS) is 10.4. The predicted octanol–water partition coefficient (Wildman–Crippen LogP) is 2.95. The van der Waals surface area contributed by atoms with E-state index in [9.17, 15) is 0 Å². The van der Waals surface area contributed by atoms with Crippen LogP contribution in [-0.4, -0.2) is 17.1 Å². The van der Waals surface area contributed by atoms with Gasteiger partial charge >= 0.3 is 0 Å². The minimum atomic E-state index is 0.478. The first-order valence-electron chi connectivity index (χ1n) is 6.19. The van der Waals surface area contributed by atoms with E-state index in [4.69, 9.17) is 22.1 Å². The molecule has 0 saturated heterocycles. The van der Waals surface area contributed by atoms with Crippen LogP contribution in [0.25, 0.3) is 0 Å². The molecule has 3 N–H and O–H groups in total. The molecule has 20 heavy (non-hydrogen) atoms. The average Bonchev–Trinajstić information content (AvgIpc) is 2.42. The lowest BCUT2D eigenvalue weighted by Crippen LogP contribution is -2.09. The number of nitrogens with two attached hydrogens (primary N) is 1. The molecule has 2 rings (SSSR count). The van der Waals surface area contributed by atoms with E-state index in [1.165, 1.54) is 0 Å². The van der Waals surface area contributed by atoms with Gasteiger partial charge in [-0.15, -0.1) is 0 Å². The van der Waals surface area contributed by atoms with Crippen LogP contribution in [0.4, 0.5) is 11.6 Å². The van der Waals surface area contributed by atoms with Crippen molar-refractivity contribution in [1.82, 2.24) is 9.97 Å². The number of nitrogens with zero attached hydrogens (tertiary/aromatic N) is 2. The van der Waals surface area contributed by atoms with Crippen molar-refractivity contribution in [3.63, 3.8) is 0 Å². The lowest BCUT2D eigenvalue weighted by atomic mass is 10.2. The molecule has 0 fully saturated rings. The molecule has 0 bridgehead atoms. The predicted molar refractivity (Wildman–Crippen MR) is 81.2 cm³/mol. The summed E-state index contributed by atoms with van der Waals surface area (Å²) in [5, 5.41) is 3.88. The Bertz CT molecular complexity index is 631. The summed E-state index contributed by atoms with van der Waals surface area (Å²) >= 11 is 6.20. The van der Waals surface area contributed by atoms with Crippen LogP contribution in [-0.2, 0) is 6.54 Å². The van der Waals surface area contributed by atoms with E-state index < -0.39 is 0 Å². The standard InChI is InChI=1S/C14H17ClN4O/c1-8-13(16)18-9(2)19-14(8)17-7-10-11(15)5-4-6-12(10)20-3/h4-6H,7H2,1-3H3,(H3,16,17,18,19). The van der Waals surface area contributed by atoms with Crippen LogP contribution in [0, 0.1) is 13.8 Å². The van der Waals surface area contributed by atoms with Crippen molar-refractivity contribution in [1.29, 1.82) is 0 Å². The van der Waals surface area contributed by atoms with Gasteiger partial charge in [-0.2, -0.15) is 0 Å². The fraction of sp³-hybridized carbons (Fsp3) is 0.286. The van der Waals surface area contributed by atoms with E-state index in [1.54, 1.807) is 14.0 Å². The highest BCUT2D eigenvalue weighted by atomic mass is 35.5. The number of hydrogen-bond acceptors (Lipinski definition) is 5. The number of ether oxygens (including phenoxy) is 1. The summed E-state index contributed by atoms with van der Waals surface area (Å²) in [5.74, 6) is 2.55. The molecule has 5 nitrogen and oxygen atoms in total. The summed E-state index contributed by atoms with van der Waals surface area (Å²) in [6, 6.07) is 5.55. The molecular weight excluding hydrogens is 276 g/mol. The molecule has 0 aliphatic carbocycles. The van der Waals surface area contributed by atoms with Gasteiger partial charge in [0.2, 0.25) is 0 Å². The zero-order chi connectivity index (χ0) is 14.7. The Morgan fingerprint density at radius 1 is 1.30 bits per heavy atom. The highest BCUT2D eigenvalue weighted by molar-refractivity contribution is 6.31. The number of aromatic nitrogens is 2. The average molecular weight is 293 g/mol. The smallest absolute Gasteiger partial charge is 0.135 e. The first kappa shape index (κ1) is 14.4. The maximum absolute atomic E-state index is 6.20. The van der Waals surface area contributed by atoms with Crippen LogP contribution in [0.5, 0.6) is 5.75 Å². The number of halogens is 1. The van der Waals surface area contributed by atoms with Crippen LogP contribution < -0.4 is 15.8 Å². The largest absolute Gasteiger partial charge is 0.496 e. The molecule has 0 saturated carbocycles. The molecule has 2 aromatic rings. The van der Waals surface area contributed by atoms with E-state index in [0.29, 0.717) is 29.0 Å². The minimum Gasteiger partial charge on any atom is -0.496 e. The Labute approximate surface area is 123 Å². The molecule has 106 valence electrons. The van der Waals surface area contributed by atoms with Crippen molar-refractivity contribution in [3.8, 4) is 5.75 Å². The molecule has 0 spiro atoms. The van der Waals surface area contributed by atoms with E-state index in [1.807, 2.05) is 25.1 Å². The number of methoxy groups -OCH3 is 1. The van der Waals surface area contributed by atoms with Crippen molar-refractivity contribution >= 4 is 23.2 Å². The van der Waals surface area contributed by atoms with Crippen molar-refractivity contribution in [2.45, 2.75) is 20.4 Å². The van der Waals surface area contributed by atoms with Crippen LogP contribution in [0.15, 0.2) is 18.2 Å². The molecule has 0 aliphatic heterocycles. The van der Waals surface area contributed by atoms with Crippen molar-refractivity contribution in [2.24, 2.45) is 0 Å². The van der Waals surface area contributed by atoms with Gasteiger partial charge in [-0.1, -0.05) is 17.7 Å². The fourth-order valence-corrected chi connectivity index (χ4v) is 2.13. The second-order valence-electron chi connectivity index (χ2n) is 4.40. The molecule has 0 amide bonds. The molecule has 1 heterocycles. The Morgan fingerprint density at radius 3 is 2.75 bits per heavy atom. The van der Waals surface area contributed by atoms with Gasteiger partial charge in [0.25, 0.3) is 0 Å². The van der Waals surface area contributed by atoms with Gasteiger partial charge < -0.3 is 15.8 Å². The van der Waals surface area contributed by atoms with Gasteiger partial charge in [0, 0.05) is 22.7 Å². The second kappa shape index (κ2) is 5.96. The molecule has 0 atom stereocenters. The molecule has 0 radical (unpaired) electrons. The first-order chi connectivity index (χ1) is 9.52. The SMILES string of the molecule is COc1cccc(Cl)c1CNc1nc(C)nc(N)c1C. The Kier molecular flexibility index (Phi) is 4.29. The number of benzene rings is 1. The van der Waals surface area contributed by atoms with Crippen LogP contribution in [0.3, 0.4) is 0 Å². The second-order valence-corrected chi connectivity index (χ2v) is 4.81. The number of aryl methyl sites for hydroxylation is 1. The van der Waals surface area contributed by atoms with Crippen LogP contribution >= 0.6 is 11.6 Å². The quantitative estimate of drug-likeness (QED) is 0.906. The first-order valence-corrected chi connectivity index (χ1v) is 6.56. The monoisotopic (exact) mass is 292 g/mol. The summed E-state index contributed by atoms with van der Waals surface area (Å²) in [7, 11) is 1.62. The van der Waals surface area contributed by atoms with Crippen molar-refractivity contribution in [2.75, 3.05) is 18.2 Å². The molecule has 0 aliphatic rings.